The molecule has 0 spiro atoms. The second-order valence-corrected chi connectivity index (χ2v) is 4.87. The molecule has 0 radical (unpaired) electrons. The van der Waals surface area contributed by atoms with Crippen molar-refractivity contribution in [1.82, 2.24) is 4.98 Å². The Kier molecular flexibility index (Phi) is 3.50. The van der Waals surface area contributed by atoms with Crippen LogP contribution in [0, 0.1) is 11.3 Å². The van der Waals surface area contributed by atoms with Crippen LogP contribution in [0.5, 0.6) is 0 Å². The molecule has 2 rings (SSSR count). The number of halogens is 1. The van der Waals surface area contributed by atoms with Crippen molar-refractivity contribution in [2.75, 3.05) is 0 Å². The van der Waals surface area contributed by atoms with E-state index in [2.05, 4.69) is 27.0 Å². The molecule has 2 nitrogen and oxygen atoms in total. The number of rotatable bonds is 2. The minimum absolute atomic E-state index is 0.591. The van der Waals surface area contributed by atoms with Gasteiger partial charge in [-0.05, 0) is 23.8 Å². The topological polar surface area (TPSA) is 36.7 Å². The Balaban J connectivity index is 2.40. The van der Waals surface area contributed by atoms with Gasteiger partial charge >= 0.3 is 0 Å². The van der Waals surface area contributed by atoms with Crippen LogP contribution in [0.15, 0.2) is 40.3 Å². The summed E-state index contributed by atoms with van der Waals surface area (Å²) in [7, 11) is 0. The lowest BCUT2D eigenvalue weighted by molar-refractivity contribution is 1.38. The van der Waals surface area contributed by atoms with Gasteiger partial charge in [-0.1, -0.05) is 28.1 Å². The van der Waals surface area contributed by atoms with Crippen molar-refractivity contribution < 1.29 is 0 Å². The number of nitriles is 1. The van der Waals surface area contributed by atoms with Gasteiger partial charge in [0.2, 0.25) is 0 Å². The SMILES string of the molecule is N#C/C(=C\c1cccc(Br)c1)c1nccs1. The van der Waals surface area contributed by atoms with Crippen LogP contribution in [0.4, 0.5) is 0 Å². The fraction of sp³-hybridized carbons (Fsp3) is 0. The predicted molar refractivity (Wildman–Crippen MR) is 69.7 cm³/mol. The average Bonchev–Trinajstić information content (AvgIpc) is 2.79. The van der Waals surface area contributed by atoms with Gasteiger partial charge in [-0.2, -0.15) is 5.26 Å². The number of allylic oxidation sites excluding steroid dienone is 1. The van der Waals surface area contributed by atoms with Gasteiger partial charge in [0.25, 0.3) is 0 Å². The number of hydrogen-bond donors (Lipinski definition) is 0. The van der Waals surface area contributed by atoms with Crippen molar-refractivity contribution in [2.24, 2.45) is 0 Å². The molecule has 0 aliphatic rings. The zero-order valence-corrected chi connectivity index (χ0v) is 10.6. The fourth-order valence-corrected chi connectivity index (χ4v) is 2.28. The van der Waals surface area contributed by atoms with E-state index in [0.29, 0.717) is 5.57 Å². The number of benzene rings is 1. The molecule has 0 aliphatic carbocycles. The van der Waals surface area contributed by atoms with E-state index in [4.69, 9.17) is 5.26 Å². The summed E-state index contributed by atoms with van der Waals surface area (Å²) in [5.41, 5.74) is 1.58. The molecule has 1 aromatic heterocycles. The minimum atomic E-state index is 0.591. The summed E-state index contributed by atoms with van der Waals surface area (Å²) in [6, 6.07) is 9.97. The monoisotopic (exact) mass is 290 g/mol. The van der Waals surface area contributed by atoms with Gasteiger partial charge in [0, 0.05) is 16.0 Å². The lowest BCUT2D eigenvalue weighted by atomic mass is 10.1. The molecular weight excluding hydrogens is 284 g/mol. The number of aromatic nitrogens is 1. The van der Waals surface area contributed by atoms with Crippen molar-refractivity contribution in [2.45, 2.75) is 0 Å². The van der Waals surface area contributed by atoms with E-state index in [0.717, 1.165) is 15.0 Å². The Bertz CT molecular complexity index is 553. The van der Waals surface area contributed by atoms with Gasteiger partial charge in [0.05, 0.1) is 5.57 Å². The van der Waals surface area contributed by atoms with Crippen LogP contribution in [-0.4, -0.2) is 4.98 Å². The first-order valence-electron chi connectivity index (χ1n) is 4.57. The first kappa shape index (κ1) is 11.1. The molecule has 0 unspecified atom stereocenters. The van der Waals surface area contributed by atoms with Crippen LogP contribution < -0.4 is 0 Å². The van der Waals surface area contributed by atoms with Crippen LogP contribution in [0.25, 0.3) is 11.6 Å². The smallest absolute Gasteiger partial charge is 0.133 e. The van der Waals surface area contributed by atoms with Crippen LogP contribution in [0.2, 0.25) is 0 Å². The lowest BCUT2D eigenvalue weighted by Gasteiger charge is -1.96. The average molecular weight is 291 g/mol. The molecule has 0 saturated carbocycles. The zero-order chi connectivity index (χ0) is 11.4. The maximum Gasteiger partial charge on any atom is 0.133 e. The van der Waals surface area contributed by atoms with E-state index in [1.807, 2.05) is 35.7 Å². The van der Waals surface area contributed by atoms with Gasteiger partial charge in [0.15, 0.2) is 0 Å². The van der Waals surface area contributed by atoms with E-state index in [9.17, 15) is 0 Å². The van der Waals surface area contributed by atoms with Crippen molar-refractivity contribution in [3.8, 4) is 6.07 Å². The highest BCUT2D eigenvalue weighted by atomic mass is 79.9. The maximum atomic E-state index is 9.07. The van der Waals surface area contributed by atoms with E-state index in [1.165, 1.54) is 11.3 Å². The normalized spacial score (nSPS) is 11.1. The van der Waals surface area contributed by atoms with Gasteiger partial charge in [-0.25, -0.2) is 4.98 Å². The largest absolute Gasteiger partial charge is 0.244 e. The molecule has 1 aromatic carbocycles. The highest BCUT2D eigenvalue weighted by molar-refractivity contribution is 9.10. The molecule has 0 N–H and O–H groups in total. The third-order valence-corrected chi connectivity index (χ3v) is 3.24. The second-order valence-electron chi connectivity index (χ2n) is 3.06. The van der Waals surface area contributed by atoms with Gasteiger partial charge in [-0.3, -0.25) is 0 Å². The summed E-state index contributed by atoms with van der Waals surface area (Å²) in [6.45, 7) is 0. The molecule has 0 atom stereocenters. The van der Waals surface area contributed by atoms with Gasteiger partial charge < -0.3 is 0 Å². The lowest BCUT2D eigenvalue weighted by Crippen LogP contribution is -1.80. The summed E-state index contributed by atoms with van der Waals surface area (Å²) in [6.07, 6.45) is 3.54. The molecule has 78 valence electrons. The second kappa shape index (κ2) is 5.06. The molecule has 1 heterocycles. The Labute approximate surface area is 106 Å². The van der Waals surface area contributed by atoms with Crippen LogP contribution >= 0.6 is 27.3 Å². The van der Waals surface area contributed by atoms with E-state index in [1.54, 1.807) is 6.20 Å². The summed E-state index contributed by atoms with van der Waals surface area (Å²) in [4.78, 5) is 4.12. The summed E-state index contributed by atoms with van der Waals surface area (Å²) < 4.78 is 0.998. The first-order valence-corrected chi connectivity index (χ1v) is 6.24. The van der Waals surface area contributed by atoms with E-state index in [-0.39, 0.29) is 0 Å². The van der Waals surface area contributed by atoms with Crippen molar-refractivity contribution in [3.05, 3.63) is 50.9 Å². The Hall–Kier alpha value is -1.44. The minimum Gasteiger partial charge on any atom is -0.244 e. The standard InChI is InChI=1S/C12H7BrN2S/c13-11-3-1-2-9(7-11)6-10(8-14)12-15-4-5-16-12/h1-7H/b10-6+. The zero-order valence-electron chi connectivity index (χ0n) is 8.22. The fourth-order valence-electron chi connectivity index (χ4n) is 1.26. The van der Waals surface area contributed by atoms with Crippen molar-refractivity contribution in [3.63, 3.8) is 0 Å². The Morgan fingerprint density at radius 2 is 2.38 bits per heavy atom. The van der Waals surface area contributed by atoms with Crippen molar-refractivity contribution >= 4 is 38.9 Å². The predicted octanol–water partition coefficient (Wildman–Crippen LogP) is 3.97. The van der Waals surface area contributed by atoms with Gasteiger partial charge in [-0.15, -0.1) is 11.3 Å². The summed E-state index contributed by atoms with van der Waals surface area (Å²) >= 11 is 4.86. The van der Waals surface area contributed by atoms with Crippen LogP contribution in [-0.2, 0) is 0 Å². The van der Waals surface area contributed by atoms with Crippen LogP contribution in [0.3, 0.4) is 0 Å². The molecule has 16 heavy (non-hydrogen) atoms. The quantitative estimate of drug-likeness (QED) is 0.785. The first-order chi connectivity index (χ1) is 7.79. The van der Waals surface area contributed by atoms with Crippen molar-refractivity contribution in [1.29, 1.82) is 5.26 Å². The Morgan fingerprint density at radius 1 is 1.50 bits per heavy atom. The third-order valence-electron chi connectivity index (χ3n) is 1.94. The van der Waals surface area contributed by atoms with E-state index < -0.39 is 0 Å². The summed E-state index contributed by atoms with van der Waals surface area (Å²) in [5.74, 6) is 0. The number of hydrogen-bond acceptors (Lipinski definition) is 3. The third kappa shape index (κ3) is 2.57. The molecule has 2 aromatic rings. The highest BCUT2D eigenvalue weighted by Gasteiger charge is 2.03. The molecule has 0 fully saturated rings. The molecule has 0 amide bonds. The Morgan fingerprint density at radius 3 is 3.00 bits per heavy atom. The summed E-state index contributed by atoms with van der Waals surface area (Å²) in [5, 5.41) is 11.7. The van der Waals surface area contributed by atoms with E-state index >= 15 is 0 Å². The molecular formula is C12H7BrN2S. The molecule has 0 saturated heterocycles. The molecule has 0 bridgehead atoms. The molecule has 4 heteroatoms. The highest BCUT2D eigenvalue weighted by Crippen LogP contribution is 2.21. The molecule has 0 aliphatic heterocycles. The van der Waals surface area contributed by atoms with Crippen LogP contribution in [0.1, 0.15) is 10.6 Å². The maximum absolute atomic E-state index is 9.07. The van der Waals surface area contributed by atoms with Gasteiger partial charge in [0.1, 0.15) is 11.1 Å². The number of nitrogens with zero attached hydrogens (tertiary/aromatic N) is 2. The number of thiazole rings is 1.